The van der Waals surface area contributed by atoms with Crippen molar-refractivity contribution >= 4 is 0 Å². The first-order valence-electron chi connectivity index (χ1n) is 7.51. The number of hydrogen-bond donors (Lipinski definition) is 0. The Morgan fingerprint density at radius 3 is 2.16 bits per heavy atom. The third-order valence-corrected chi connectivity index (χ3v) is 4.59. The highest BCUT2D eigenvalue weighted by molar-refractivity contribution is 5.51. The second-order valence-electron chi connectivity index (χ2n) is 6.31. The molecule has 3 rings (SSSR count). The van der Waals surface area contributed by atoms with Crippen LogP contribution in [0.25, 0.3) is 0 Å². The number of halogens is 8. The van der Waals surface area contributed by atoms with Crippen molar-refractivity contribution in [3.05, 3.63) is 23.0 Å². The lowest BCUT2D eigenvalue weighted by molar-refractivity contribution is -0.291. The van der Waals surface area contributed by atoms with Crippen LogP contribution in [0.3, 0.4) is 0 Å². The number of fused-ring (bicyclic) bond motifs is 1. The number of pyridine rings is 1. The molecular formula is C15H13F8NO. The predicted octanol–water partition coefficient (Wildman–Crippen LogP) is 5.08. The second-order valence-corrected chi connectivity index (χ2v) is 6.31. The summed E-state index contributed by atoms with van der Waals surface area (Å²) in [7, 11) is 0. The molecule has 25 heavy (non-hydrogen) atoms. The van der Waals surface area contributed by atoms with Crippen LogP contribution in [0, 0.1) is 0 Å². The van der Waals surface area contributed by atoms with Gasteiger partial charge in [-0.25, -0.2) is 13.2 Å². The summed E-state index contributed by atoms with van der Waals surface area (Å²) in [5.74, 6) is -7.35. The summed E-state index contributed by atoms with van der Waals surface area (Å²) in [5.41, 5.74) is -3.26. The molecule has 0 spiro atoms. The van der Waals surface area contributed by atoms with Gasteiger partial charge < -0.3 is 4.74 Å². The maximum atomic E-state index is 14.3. The molecule has 1 fully saturated rings. The van der Waals surface area contributed by atoms with Crippen molar-refractivity contribution in [1.82, 2.24) is 4.98 Å². The molecule has 3 atom stereocenters. The Hall–Kier alpha value is -1.61. The summed E-state index contributed by atoms with van der Waals surface area (Å²) in [4.78, 5) is 3.12. The van der Waals surface area contributed by atoms with E-state index in [9.17, 15) is 35.1 Å². The van der Waals surface area contributed by atoms with Crippen LogP contribution in [-0.2, 0) is 5.92 Å². The Labute approximate surface area is 137 Å². The van der Waals surface area contributed by atoms with E-state index in [2.05, 4.69) is 4.98 Å². The van der Waals surface area contributed by atoms with Gasteiger partial charge in [0.15, 0.2) is 6.17 Å². The van der Waals surface area contributed by atoms with Crippen LogP contribution in [0.2, 0.25) is 0 Å². The summed E-state index contributed by atoms with van der Waals surface area (Å²) in [6.07, 6.45) is -12.0. The minimum absolute atomic E-state index is 0.0270. The van der Waals surface area contributed by atoms with Gasteiger partial charge >= 0.3 is 12.1 Å². The largest absolute Gasteiger partial charge is 0.488 e. The van der Waals surface area contributed by atoms with Crippen molar-refractivity contribution in [1.29, 1.82) is 0 Å². The lowest BCUT2D eigenvalue weighted by atomic mass is 9.93. The zero-order valence-electron chi connectivity index (χ0n) is 12.8. The lowest BCUT2D eigenvalue weighted by Crippen LogP contribution is -2.37. The smallest absolute Gasteiger partial charge is 0.459 e. The van der Waals surface area contributed by atoms with E-state index >= 15 is 0 Å². The third-order valence-electron chi connectivity index (χ3n) is 4.59. The van der Waals surface area contributed by atoms with Crippen LogP contribution in [0.5, 0.6) is 5.75 Å². The van der Waals surface area contributed by atoms with E-state index in [1.54, 1.807) is 0 Å². The summed E-state index contributed by atoms with van der Waals surface area (Å²) in [6, 6.07) is 0. The van der Waals surface area contributed by atoms with E-state index < -0.39 is 65.2 Å². The zero-order valence-corrected chi connectivity index (χ0v) is 12.8. The van der Waals surface area contributed by atoms with Crippen molar-refractivity contribution < 1.29 is 39.9 Å². The molecule has 0 aliphatic heterocycles. The first kappa shape index (κ1) is 18.2. The quantitative estimate of drug-likeness (QED) is 0.688. The third kappa shape index (κ3) is 2.73. The van der Waals surface area contributed by atoms with Crippen LogP contribution >= 0.6 is 0 Å². The monoisotopic (exact) mass is 375 g/mol. The molecule has 0 unspecified atom stereocenters. The molecule has 1 heterocycles. The van der Waals surface area contributed by atoms with Gasteiger partial charge in [0.1, 0.15) is 29.9 Å². The maximum Gasteiger partial charge on any atom is 0.459 e. The first-order chi connectivity index (χ1) is 11.4. The fraction of sp³-hybridized carbons (Fsp3) is 0.667. The van der Waals surface area contributed by atoms with Gasteiger partial charge in [-0.3, -0.25) is 4.98 Å². The molecule has 2 nitrogen and oxygen atoms in total. The van der Waals surface area contributed by atoms with E-state index in [1.807, 2.05) is 0 Å². The molecule has 10 heteroatoms. The van der Waals surface area contributed by atoms with Gasteiger partial charge in [0.05, 0.1) is 6.20 Å². The summed E-state index contributed by atoms with van der Waals surface area (Å²) < 4.78 is 112. The van der Waals surface area contributed by atoms with Crippen molar-refractivity contribution in [2.75, 3.05) is 0 Å². The Morgan fingerprint density at radius 2 is 1.64 bits per heavy atom. The standard InChI is InChI=1S/C15H13F8NO/c1-5-9-10(12(18)11(5)17)8(25-7-2-6(16)3-7)4-24-13(9)14(19,20)15(21,22)23/h4-7,11-12H,2-3H2,1H3/t5-,6?,7?,11-,12+/m0/s1. The van der Waals surface area contributed by atoms with Gasteiger partial charge in [0.2, 0.25) is 0 Å². The number of ether oxygens (including phenoxy) is 1. The van der Waals surface area contributed by atoms with Gasteiger partial charge in [0, 0.05) is 24.3 Å². The van der Waals surface area contributed by atoms with E-state index in [0.29, 0.717) is 6.20 Å². The highest BCUT2D eigenvalue weighted by Gasteiger charge is 2.62. The molecule has 1 saturated carbocycles. The summed E-state index contributed by atoms with van der Waals surface area (Å²) >= 11 is 0. The summed E-state index contributed by atoms with van der Waals surface area (Å²) in [5, 5.41) is 0. The van der Waals surface area contributed by atoms with Gasteiger partial charge in [-0.05, 0) is 5.56 Å². The molecule has 2 aliphatic carbocycles. The minimum Gasteiger partial charge on any atom is -0.488 e. The molecule has 140 valence electrons. The SMILES string of the molecule is C[C@H]1c2c(C(F)(F)C(F)(F)F)ncc(OC3CC(F)C3)c2[C@@H](F)[C@H]1F. The molecule has 1 aromatic rings. The fourth-order valence-corrected chi connectivity index (χ4v) is 3.10. The molecule has 0 aromatic carbocycles. The molecular weight excluding hydrogens is 362 g/mol. The normalized spacial score (nSPS) is 32.3. The highest BCUT2D eigenvalue weighted by Crippen LogP contribution is 2.54. The average Bonchev–Trinajstić information content (AvgIpc) is 2.70. The molecule has 0 N–H and O–H groups in total. The zero-order chi connectivity index (χ0) is 18.7. The number of alkyl halides is 8. The van der Waals surface area contributed by atoms with Crippen LogP contribution in [0.1, 0.15) is 48.7 Å². The van der Waals surface area contributed by atoms with Crippen LogP contribution in [0.15, 0.2) is 6.20 Å². The Kier molecular flexibility index (Phi) is 4.15. The molecule has 1 aromatic heterocycles. The predicted molar refractivity (Wildman–Crippen MR) is 69.9 cm³/mol. The average molecular weight is 375 g/mol. The van der Waals surface area contributed by atoms with E-state index in [4.69, 9.17) is 4.74 Å². The number of aromatic nitrogens is 1. The maximum absolute atomic E-state index is 14.3. The van der Waals surface area contributed by atoms with Gasteiger partial charge in [-0.1, -0.05) is 6.92 Å². The highest BCUT2D eigenvalue weighted by atomic mass is 19.4. The van der Waals surface area contributed by atoms with Crippen molar-refractivity contribution in [3.63, 3.8) is 0 Å². The van der Waals surface area contributed by atoms with Crippen molar-refractivity contribution in [2.24, 2.45) is 0 Å². The Morgan fingerprint density at radius 1 is 1.04 bits per heavy atom. The Bertz CT molecular complexity index is 670. The molecule has 2 aliphatic rings. The minimum atomic E-state index is -5.97. The molecule has 0 radical (unpaired) electrons. The molecule has 0 amide bonds. The first-order valence-corrected chi connectivity index (χ1v) is 7.51. The summed E-state index contributed by atoms with van der Waals surface area (Å²) in [6.45, 7) is 1.01. The van der Waals surface area contributed by atoms with Gasteiger partial charge in [0.25, 0.3) is 0 Å². The van der Waals surface area contributed by atoms with E-state index in [-0.39, 0.29) is 12.8 Å². The molecule has 0 bridgehead atoms. The molecule has 0 saturated heterocycles. The van der Waals surface area contributed by atoms with Crippen LogP contribution in [-0.4, -0.2) is 29.6 Å². The number of rotatable bonds is 3. The van der Waals surface area contributed by atoms with Gasteiger partial charge in [-0.15, -0.1) is 0 Å². The van der Waals surface area contributed by atoms with Crippen molar-refractivity contribution in [2.45, 2.75) is 62.4 Å². The number of nitrogens with zero attached hydrogens (tertiary/aromatic N) is 1. The topological polar surface area (TPSA) is 22.1 Å². The fourth-order valence-electron chi connectivity index (χ4n) is 3.10. The number of hydrogen-bond acceptors (Lipinski definition) is 2. The van der Waals surface area contributed by atoms with E-state index in [0.717, 1.165) is 6.92 Å². The Balaban J connectivity index is 2.09. The van der Waals surface area contributed by atoms with E-state index in [1.165, 1.54) is 0 Å². The lowest BCUT2D eigenvalue weighted by Gasteiger charge is -2.31. The van der Waals surface area contributed by atoms with Crippen LogP contribution < -0.4 is 4.74 Å². The van der Waals surface area contributed by atoms with Gasteiger partial charge in [-0.2, -0.15) is 22.0 Å². The van der Waals surface area contributed by atoms with Crippen LogP contribution in [0.4, 0.5) is 35.1 Å². The van der Waals surface area contributed by atoms with Crippen molar-refractivity contribution in [3.8, 4) is 5.75 Å². The second kappa shape index (κ2) is 5.70.